The molecule has 27 heavy (non-hydrogen) atoms. The van der Waals surface area contributed by atoms with Gasteiger partial charge in [0.15, 0.2) is 10.9 Å². The minimum absolute atomic E-state index is 0.160. The second kappa shape index (κ2) is 8.61. The molecule has 1 aromatic heterocycles. The van der Waals surface area contributed by atoms with Crippen LogP contribution in [0.2, 0.25) is 10.0 Å². The third kappa shape index (κ3) is 4.71. The molecule has 138 valence electrons. The van der Waals surface area contributed by atoms with Gasteiger partial charge in [-0.2, -0.15) is 0 Å². The molecule has 0 radical (unpaired) electrons. The van der Waals surface area contributed by atoms with Crippen molar-refractivity contribution in [1.29, 1.82) is 0 Å². The number of thioether (sulfide) groups is 1. The van der Waals surface area contributed by atoms with Gasteiger partial charge in [0, 0.05) is 35.6 Å². The number of imidazole rings is 1. The number of halogens is 2. The Hall–Kier alpha value is -2.28. The first kappa shape index (κ1) is 19.5. The van der Waals surface area contributed by atoms with Crippen LogP contribution in [-0.4, -0.2) is 27.0 Å². The van der Waals surface area contributed by atoms with E-state index < -0.39 is 0 Å². The van der Waals surface area contributed by atoms with Crippen LogP contribution in [-0.2, 0) is 11.8 Å². The van der Waals surface area contributed by atoms with Crippen molar-refractivity contribution < 1.29 is 9.59 Å². The highest BCUT2D eigenvalue weighted by molar-refractivity contribution is 7.99. The fraction of sp³-hybridized carbons (Fsp3) is 0.105. The van der Waals surface area contributed by atoms with Gasteiger partial charge in [-0.1, -0.05) is 47.1 Å². The topological polar surface area (TPSA) is 64.0 Å². The summed E-state index contributed by atoms with van der Waals surface area (Å²) < 4.78 is 1.83. The number of hydrogen-bond donors (Lipinski definition) is 1. The summed E-state index contributed by atoms with van der Waals surface area (Å²) in [6.07, 6.45) is 3.47. The Balaban J connectivity index is 1.80. The van der Waals surface area contributed by atoms with Crippen LogP contribution in [0.15, 0.2) is 60.0 Å². The van der Waals surface area contributed by atoms with Gasteiger partial charge in [0.2, 0.25) is 5.91 Å². The number of carbonyl (C=O) groups excluding carboxylic acids is 2. The largest absolute Gasteiger partial charge is 0.329 e. The summed E-state index contributed by atoms with van der Waals surface area (Å²) in [4.78, 5) is 29.4. The van der Waals surface area contributed by atoms with Crippen LogP contribution in [0, 0.1) is 0 Å². The highest BCUT2D eigenvalue weighted by Gasteiger charge is 2.18. The van der Waals surface area contributed by atoms with Crippen LogP contribution < -0.4 is 5.32 Å². The number of nitrogens with zero attached hydrogens (tertiary/aromatic N) is 2. The summed E-state index contributed by atoms with van der Waals surface area (Å²) in [6, 6.07) is 11.5. The average molecular weight is 420 g/mol. The zero-order valence-electron chi connectivity index (χ0n) is 14.3. The van der Waals surface area contributed by atoms with E-state index in [4.69, 9.17) is 23.2 Å². The standard InChI is InChI=1S/C19H15Cl2N3O2S/c1-24-9-8-22-19(24)27-11-17(25)23-16-7-6-12(20)10-14(16)18(26)13-4-2-3-5-15(13)21/h2-10H,11H2,1H3,(H,23,25). The highest BCUT2D eigenvalue weighted by atomic mass is 35.5. The van der Waals surface area contributed by atoms with Gasteiger partial charge in [0.05, 0.1) is 16.5 Å². The highest BCUT2D eigenvalue weighted by Crippen LogP contribution is 2.27. The maximum Gasteiger partial charge on any atom is 0.234 e. The fourth-order valence-electron chi connectivity index (χ4n) is 2.41. The molecular formula is C19H15Cl2N3O2S. The lowest BCUT2D eigenvalue weighted by atomic mass is 10.0. The van der Waals surface area contributed by atoms with Gasteiger partial charge in [-0.25, -0.2) is 4.98 Å². The van der Waals surface area contributed by atoms with Gasteiger partial charge in [-0.15, -0.1) is 0 Å². The van der Waals surface area contributed by atoms with Crippen molar-refractivity contribution in [3.63, 3.8) is 0 Å². The van der Waals surface area contributed by atoms with Crippen molar-refractivity contribution in [1.82, 2.24) is 9.55 Å². The number of nitrogens with one attached hydrogen (secondary N) is 1. The molecule has 1 heterocycles. The molecule has 0 fully saturated rings. The molecule has 0 aliphatic heterocycles. The van der Waals surface area contributed by atoms with E-state index >= 15 is 0 Å². The molecular weight excluding hydrogens is 405 g/mol. The summed E-state index contributed by atoms with van der Waals surface area (Å²) in [5.74, 6) is -0.401. The van der Waals surface area contributed by atoms with Gasteiger partial charge < -0.3 is 9.88 Å². The molecule has 0 atom stereocenters. The zero-order valence-corrected chi connectivity index (χ0v) is 16.6. The van der Waals surface area contributed by atoms with E-state index in [-0.39, 0.29) is 23.0 Å². The monoisotopic (exact) mass is 419 g/mol. The molecule has 3 rings (SSSR count). The van der Waals surface area contributed by atoms with E-state index in [0.29, 0.717) is 21.3 Å². The molecule has 0 saturated heterocycles. The van der Waals surface area contributed by atoms with Crippen LogP contribution in [0.4, 0.5) is 5.69 Å². The molecule has 0 aliphatic carbocycles. The maximum absolute atomic E-state index is 12.9. The summed E-state index contributed by atoms with van der Waals surface area (Å²) in [7, 11) is 1.85. The number of anilines is 1. The second-order valence-corrected chi connectivity index (χ2v) is 7.44. The number of aromatic nitrogens is 2. The second-order valence-electron chi connectivity index (χ2n) is 5.66. The minimum Gasteiger partial charge on any atom is -0.329 e. The molecule has 2 aromatic carbocycles. The van der Waals surface area contributed by atoms with E-state index in [1.807, 2.05) is 11.6 Å². The Kier molecular flexibility index (Phi) is 6.21. The van der Waals surface area contributed by atoms with Crippen molar-refractivity contribution in [2.75, 3.05) is 11.1 Å². The predicted molar refractivity (Wildman–Crippen MR) is 109 cm³/mol. The van der Waals surface area contributed by atoms with Crippen molar-refractivity contribution in [3.05, 3.63) is 76.0 Å². The van der Waals surface area contributed by atoms with E-state index in [1.165, 1.54) is 17.8 Å². The number of amides is 1. The Morgan fingerprint density at radius 3 is 2.63 bits per heavy atom. The van der Waals surface area contributed by atoms with Crippen LogP contribution in [0.5, 0.6) is 0 Å². The van der Waals surface area contributed by atoms with Crippen molar-refractivity contribution >= 4 is 52.3 Å². The molecule has 1 amide bonds. The summed E-state index contributed by atoms with van der Waals surface area (Å²) >= 11 is 13.5. The lowest BCUT2D eigenvalue weighted by molar-refractivity contribution is -0.113. The SMILES string of the molecule is Cn1ccnc1SCC(=O)Nc1ccc(Cl)cc1C(=O)c1ccccc1Cl. The molecule has 3 aromatic rings. The van der Waals surface area contributed by atoms with Gasteiger partial charge in [0.1, 0.15) is 0 Å². The average Bonchev–Trinajstić information content (AvgIpc) is 3.06. The predicted octanol–water partition coefficient (Wildman–Crippen LogP) is 4.69. The number of aryl methyl sites for hydroxylation is 1. The number of carbonyl (C=O) groups is 2. The molecule has 8 heteroatoms. The third-order valence-corrected chi connectivity index (χ3v) is 5.35. The maximum atomic E-state index is 12.9. The van der Waals surface area contributed by atoms with Crippen LogP contribution in [0.3, 0.4) is 0 Å². The Morgan fingerprint density at radius 2 is 1.93 bits per heavy atom. The summed E-state index contributed by atoms with van der Waals surface area (Å²) in [5, 5.41) is 4.23. The zero-order chi connectivity index (χ0) is 19.4. The molecule has 0 unspecified atom stereocenters. The Morgan fingerprint density at radius 1 is 1.15 bits per heavy atom. The van der Waals surface area contributed by atoms with E-state index in [9.17, 15) is 9.59 Å². The quantitative estimate of drug-likeness (QED) is 0.464. The van der Waals surface area contributed by atoms with Crippen molar-refractivity contribution in [3.8, 4) is 0 Å². The van der Waals surface area contributed by atoms with Gasteiger partial charge in [-0.3, -0.25) is 9.59 Å². The first-order valence-electron chi connectivity index (χ1n) is 7.94. The summed E-state index contributed by atoms with van der Waals surface area (Å²) in [5.41, 5.74) is 1.01. The van der Waals surface area contributed by atoms with Gasteiger partial charge >= 0.3 is 0 Å². The Bertz CT molecular complexity index is 1000. The van der Waals surface area contributed by atoms with Crippen molar-refractivity contribution in [2.24, 2.45) is 7.05 Å². The minimum atomic E-state index is -0.310. The van der Waals surface area contributed by atoms with Crippen molar-refractivity contribution in [2.45, 2.75) is 5.16 Å². The number of rotatable bonds is 6. The molecule has 5 nitrogen and oxygen atoms in total. The van der Waals surface area contributed by atoms with Gasteiger partial charge in [0.25, 0.3) is 0 Å². The van der Waals surface area contributed by atoms with Gasteiger partial charge in [-0.05, 0) is 30.3 Å². The lowest BCUT2D eigenvalue weighted by Crippen LogP contribution is -2.17. The third-order valence-electron chi connectivity index (χ3n) is 3.73. The first-order valence-corrected chi connectivity index (χ1v) is 9.68. The fourth-order valence-corrected chi connectivity index (χ4v) is 3.54. The molecule has 0 bridgehead atoms. The summed E-state index contributed by atoms with van der Waals surface area (Å²) in [6.45, 7) is 0. The Labute approximate surface area is 170 Å². The van der Waals surface area contributed by atoms with E-state index in [2.05, 4.69) is 10.3 Å². The molecule has 1 N–H and O–H groups in total. The first-order chi connectivity index (χ1) is 13.0. The van der Waals surface area contributed by atoms with Crippen LogP contribution >= 0.6 is 35.0 Å². The van der Waals surface area contributed by atoms with Crippen LogP contribution in [0.1, 0.15) is 15.9 Å². The lowest BCUT2D eigenvalue weighted by Gasteiger charge is -2.12. The normalized spacial score (nSPS) is 10.6. The number of hydrogen-bond acceptors (Lipinski definition) is 4. The number of benzene rings is 2. The number of ketones is 1. The van der Waals surface area contributed by atoms with E-state index in [1.54, 1.807) is 48.8 Å². The molecule has 0 saturated carbocycles. The smallest absolute Gasteiger partial charge is 0.234 e. The molecule has 0 spiro atoms. The van der Waals surface area contributed by atoms with E-state index in [0.717, 1.165) is 5.16 Å². The molecule has 0 aliphatic rings. The van der Waals surface area contributed by atoms with Crippen LogP contribution in [0.25, 0.3) is 0 Å².